The first-order valence-corrected chi connectivity index (χ1v) is 4.97. The summed E-state index contributed by atoms with van der Waals surface area (Å²) < 4.78 is 0. The van der Waals surface area contributed by atoms with E-state index in [9.17, 15) is 4.79 Å². The molecule has 0 amide bonds. The monoisotopic (exact) mass is 168 g/mol. The average Bonchev–Trinajstić information content (AvgIpc) is 2.39. The van der Waals surface area contributed by atoms with Crippen LogP contribution in [0.1, 0.15) is 38.5 Å². The van der Waals surface area contributed by atoms with Crippen LogP contribution in [-0.4, -0.2) is 11.1 Å². The van der Waals surface area contributed by atoms with Gasteiger partial charge in [-0.15, -0.1) is 0 Å². The highest BCUT2D eigenvalue weighted by atomic mass is 16.4. The van der Waals surface area contributed by atoms with Crippen molar-refractivity contribution in [2.45, 2.75) is 38.5 Å². The molecule has 2 bridgehead atoms. The summed E-state index contributed by atoms with van der Waals surface area (Å²) in [6, 6.07) is 0. The molecule has 2 nitrogen and oxygen atoms in total. The molecule has 0 radical (unpaired) electrons. The zero-order valence-corrected chi connectivity index (χ0v) is 7.33. The van der Waals surface area contributed by atoms with Gasteiger partial charge in [-0.2, -0.15) is 0 Å². The lowest BCUT2D eigenvalue weighted by molar-refractivity contribution is -0.138. The van der Waals surface area contributed by atoms with Crippen LogP contribution in [0, 0.1) is 17.8 Å². The molecule has 0 heterocycles. The van der Waals surface area contributed by atoms with Crippen LogP contribution in [0.25, 0.3) is 0 Å². The van der Waals surface area contributed by atoms with Gasteiger partial charge in [0.15, 0.2) is 0 Å². The summed E-state index contributed by atoms with van der Waals surface area (Å²) in [6.07, 6.45) is 6.84. The van der Waals surface area contributed by atoms with Gasteiger partial charge < -0.3 is 5.11 Å². The summed E-state index contributed by atoms with van der Waals surface area (Å²) in [7, 11) is 0. The second kappa shape index (κ2) is 3.08. The molecule has 0 aromatic heterocycles. The Balaban J connectivity index is 1.93. The molecule has 0 aromatic rings. The van der Waals surface area contributed by atoms with E-state index < -0.39 is 5.97 Å². The van der Waals surface area contributed by atoms with Gasteiger partial charge in [-0.05, 0) is 37.0 Å². The summed E-state index contributed by atoms with van der Waals surface area (Å²) in [5.41, 5.74) is 0. The fraction of sp³-hybridized carbons (Fsp3) is 0.900. The van der Waals surface area contributed by atoms with Crippen molar-refractivity contribution >= 4 is 5.97 Å². The summed E-state index contributed by atoms with van der Waals surface area (Å²) in [5.74, 6) is 1.59. The normalized spacial score (nSPS) is 39.8. The topological polar surface area (TPSA) is 37.3 Å². The molecule has 2 aliphatic rings. The molecule has 2 saturated carbocycles. The maximum Gasteiger partial charge on any atom is 0.303 e. The van der Waals surface area contributed by atoms with E-state index in [2.05, 4.69) is 0 Å². The Bertz CT molecular complexity index is 188. The van der Waals surface area contributed by atoms with Gasteiger partial charge in [-0.25, -0.2) is 0 Å². The molecule has 0 spiro atoms. The predicted molar refractivity (Wildman–Crippen MR) is 45.8 cm³/mol. The summed E-state index contributed by atoms with van der Waals surface area (Å²) in [5, 5.41) is 8.69. The highest BCUT2D eigenvalue weighted by Gasteiger charge is 2.36. The van der Waals surface area contributed by atoms with E-state index in [0.29, 0.717) is 12.3 Å². The minimum Gasteiger partial charge on any atom is -0.481 e. The molecule has 12 heavy (non-hydrogen) atoms. The molecule has 3 atom stereocenters. The molecule has 2 fully saturated rings. The van der Waals surface area contributed by atoms with Crippen LogP contribution < -0.4 is 0 Å². The van der Waals surface area contributed by atoms with Crippen molar-refractivity contribution in [1.82, 2.24) is 0 Å². The minimum absolute atomic E-state index is 0.414. The standard InChI is InChI=1S/C10H16O2/c11-10(12)6-9-4-2-7-1-3-8(9)5-7/h7-9H,1-6H2,(H,11,12). The first-order chi connectivity index (χ1) is 5.75. The Morgan fingerprint density at radius 3 is 2.75 bits per heavy atom. The smallest absolute Gasteiger partial charge is 0.303 e. The third-order valence-electron chi connectivity index (χ3n) is 3.63. The largest absolute Gasteiger partial charge is 0.481 e. The van der Waals surface area contributed by atoms with Crippen LogP contribution in [-0.2, 0) is 4.79 Å². The van der Waals surface area contributed by atoms with Gasteiger partial charge in [0.2, 0.25) is 0 Å². The fourth-order valence-corrected chi connectivity index (χ4v) is 2.98. The quantitative estimate of drug-likeness (QED) is 0.686. The molecule has 1 N–H and O–H groups in total. The second-order valence-electron chi connectivity index (χ2n) is 4.37. The van der Waals surface area contributed by atoms with E-state index in [-0.39, 0.29) is 0 Å². The number of rotatable bonds is 2. The van der Waals surface area contributed by atoms with Crippen molar-refractivity contribution in [3.63, 3.8) is 0 Å². The lowest BCUT2D eigenvalue weighted by atomic mass is 9.78. The van der Waals surface area contributed by atoms with Crippen molar-refractivity contribution in [2.24, 2.45) is 17.8 Å². The van der Waals surface area contributed by atoms with E-state index in [1.165, 1.54) is 32.1 Å². The molecule has 0 saturated heterocycles. The highest BCUT2D eigenvalue weighted by Crippen LogP contribution is 2.46. The van der Waals surface area contributed by atoms with Crippen LogP contribution in [0.4, 0.5) is 0 Å². The van der Waals surface area contributed by atoms with Gasteiger partial charge in [0.05, 0.1) is 0 Å². The number of fused-ring (bicyclic) bond motifs is 2. The summed E-state index contributed by atoms with van der Waals surface area (Å²) in [4.78, 5) is 10.5. The molecule has 3 unspecified atom stereocenters. The zero-order chi connectivity index (χ0) is 8.55. The number of carboxylic acid groups (broad SMARTS) is 1. The van der Waals surface area contributed by atoms with E-state index in [1.807, 2.05) is 0 Å². The van der Waals surface area contributed by atoms with E-state index in [1.54, 1.807) is 0 Å². The Labute approximate surface area is 73.0 Å². The van der Waals surface area contributed by atoms with Crippen LogP contribution >= 0.6 is 0 Å². The van der Waals surface area contributed by atoms with Crippen molar-refractivity contribution in [1.29, 1.82) is 0 Å². The van der Waals surface area contributed by atoms with Gasteiger partial charge in [-0.1, -0.05) is 12.8 Å². The van der Waals surface area contributed by atoms with E-state index in [0.717, 1.165) is 11.8 Å². The van der Waals surface area contributed by atoms with Gasteiger partial charge in [-0.3, -0.25) is 4.79 Å². The van der Waals surface area contributed by atoms with Gasteiger partial charge in [0.1, 0.15) is 0 Å². The molecule has 0 aliphatic heterocycles. The van der Waals surface area contributed by atoms with Crippen molar-refractivity contribution < 1.29 is 9.90 Å². The molecular formula is C10H16O2. The van der Waals surface area contributed by atoms with Gasteiger partial charge in [0.25, 0.3) is 0 Å². The molecule has 68 valence electrons. The Morgan fingerprint density at radius 1 is 1.25 bits per heavy atom. The van der Waals surface area contributed by atoms with Gasteiger partial charge >= 0.3 is 5.97 Å². The van der Waals surface area contributed by atoms with Crippen molar-refractivity contribution in [3.05, 3.63) is 0 Å². The third-order valence-corrected chi connectivity index (χ3v) is 3.63. The van der Waals surface area contributed by atoms with Crippen LogP contribution in [0.3, 0.4) is 0 Å². The number of hydrogen-bond acceptors (Lipinski definition) is 1. The van der Waals surface area contributed by atoms with Crippen LogP contribution in [0.5, 0.6) is 0 Å². The SMILES string of the molecule is O=C(O)CC1CCC2CCC1C2. The lowest BCUT2D eigenvalue weighted by Crippen LogP contribution is -2.20. The van der Waals surface area contributed by atoms with Crippen molar-refractivity contribution in [2.75, 3.05) is 0 Å². The average molecular weight is 168 g/mol. The second-order valence-corrected chi connectivity index (χ2v) is 4.37. The summed E-state index contributed by atoms with van der Waals surface area (Å²) in [6.45, 7) is 0. The molecule has 2 heteroatoms. The molecule has 2 aliphatic carbocycles. The lowest BCUT2D eigenvalue weighted by Gasteiger charge is -2.27. The zero-order valence-electron chi connectivity index (χ0n) is 7.33. The van der Waals surface area contributed by atoms with E-state index in [4.69, 9.17) is 5.11 Å². The maximum atomic E-state index is 10.5. The van der Waals surface area contributed by atoms with Crippen LogP contribution in [0.2, 0.25) is 0 Å². The van der Waals surface area contributed by atoms with Crippen LogP contribution in [0.15, 0.2) is 0 Å². The summed E-state index contributed by atoms with van der Waals surface area (Å²) >= 11 is 0. The fourth-order valence-electron chi connectivity index (χ4n) is 2.98. The van der Waals surface area contributed by atoms with Gasteiger partial charge in [0, 0.05) is 6.42 Å². The highest BCUT2D eigenvalue weighted by molar-refractivity contribution is 5.67. The Kier molecular flexibility index (Phi) is 2.07. The molecular weight excluding hydrogens is 152 g/mol. The molecule has 2 rings (SSSR count). The Hall–Kier alpha value is -0.530. The molecule has 0 aromatic carbocycles. The first-order valence-electron chi connectivity index (χ1n) is 4.97. The number of hydrogen-bond donors (Lipinski definition) is 1. The number of carboxylic acids is 1. The third kappa shape index (κ3) is 1.47. The number of carbonyl (C=O) groups is 1. The van der Waals surface area contributed by atoms with Crippen molar-refractivity contribution in [3.8, 4) is 0 Å². The first kappa shape index (κ1) is 8.09. The Morgan fingerprint density at radius 2 is 2.00 bits per heavy atom. The number of aliphatic carboxylic acids is 1. The minimum atomic E-state index is -0.606. The maximum absolute atomic E-state index is 10.5. The predicted octanol–water partition coefficient (Wildman–Crippen LogP) is 2.29. The van der Waals surface area contributed by atoms with E-state index >= 15 is 0 Å².